The molecular formula is C17H22ClNO3. The highest BCUT2D eigenvalue weighted by Gasteiger charge is 2.34. The molecule has 5 heteroatoms. The van der Waals surface area contributed by atoms with Crippen LogP contribution >= 0.6 is 11.6 Å². The Kier molecular flexibility index (Phi) is 5.46. The van der Waals surface area contributed by atoms with Gasteiger partial charge in [0.2, 0.25) is 5.91 Å². The van der Waals surface area contributed by atoms with Crippen molar-refractivity contribution in [3.8, 4) is 0 Å². The third-order valence-electron chi connectivity index (χ3n) is 4.35. The van der Waals surface area contributed by atoms with Crippen LogP contribution in [0.25, 0.3) is 0 Å². The number of rotatable bonds is 5. The number of halogens is 1. The van der Waals surface area contributed by atoms with Crippen LogP contribution in [0.3, 0.4) is 0 Å². The molecule has 1 aromatic rings. The van der Waals surface area contributed by atoms with Gasteiger partial charge in [0.15, 0.2) is 0 Å². The summed E-state index contributed by atoms with van der Waals surface area (Å²) >= 11 is 5.91. The number of carbonyl (C=O) groups is 2. The van der Waals surface area contributed by atoms with Crippen molar-refractivity contribution in [3.63, 3.8) is 0 Å². The van der Waals surface area contributed by atoms with Crippen LogP contribution in [0.2, 0.25) is 5.02 Å². The van der Waals surface area contributed by atoms with Gasteiger partial charge in [-0.05, 0) is 42.9 Å². The van der Waals surface area contributed by atoms with E-state index in [1.807, 2.05) is 38.1 Å². The molecule has 1 aromatic carbocycles. The molecule has 2 rings (SSSR count). The first-order valence-corrected chi connectivity index (χ1v) is 8.05. The van der Waals surface area contributed by atoms with E-state index >= 15 is 0 Å². The van der Waals surface area contributed by atoms with Gasteiger partial charge in [-0.3, -0.25) is 9.59 Å². The van der Waals surface area contributed by atoms with Crippen molar-refractivity contribution in [1.82, 2.24) is 5.32 Å². The average Bonchev–Trinajstić information content (AvgIpc) is 2.95. The van der Waals surface area contributed by atoms with Crippen molar-refractivity contribution in [2.24, 2.45) is 17.8 Å². The van der Waals surface area contributed by atoms with Crippen LogP contribution in [-0.4, -0.2) is 17.0 Å². The molecule has 1 amide bonds. The number of carboxylic acid groups (broad SMARTS) is 1. The number of benzene rings is 1. The minimum absolute atomic E-state index is 0.0441. The standard InChI is InChI=1S/C17H22ClNO3/c1-10(2)15(11-5-7-14(18)8-6-11)19-16(20)12-3-4-13(9-12)17(21)22/h5-8,10,12-13,15H,3-4,9H2,1-2H3,(H,19,20)(H,21,22)/t12-,13+,15?/m1/s1. The minimum Gasteiger partial charge on any atom is -0.481 e. The quantitative estimate of drug-likeness (QED) is 0.869. The van der Waals surface area contributed by atoms with E-state index in [0.29, 0.717) is 24.3 Å². The molecular weight excluding hydrogens is 302 g/mol. The highest BCUT2D eigenvalue weighted by Crippen LogP contribution is 2.32. The SMILES string of the molecule is CC(C)C(NC(=O)[C@@H]1CC[C@H](C(=O)O)C1)c1ccc(Cl)cc1. The molecule has 1 aliphatic carbocycles. The van der Waals surface area contributed by atoms with E-state index < -0.39 is 5.97 Å². The van der Waals surface area contributed by atoms with Crippen LogP contribution in [-0.2, 0) is 9.59 Å². The van der Waals surface area contributed by atoms with Gasteiger partial charge in [-0.2, -0.15) is 0 Å². The zero-order valence-electron chi connectivity index (χ0n) is 12.9. The van der Waals surface area contributed by atoms with Crippen LogP contribution in [0.1, 0.15) is 44.7 Å². The number of carboxylic acids is 1. The van der Waals surface area contributed by atoms with Gasteiger partial charge in [-0.15, -0.1) is 0 Å². The van der Waals surface area contributed by atoms with Crippen LogP contribution in [0.5, 0.6) is 0 Å². The Labute approximate surface area is 135 Å². The van der Waals surface area contributed by atoms with Crippen LogP contribution < -0.4 is 5.32 Å². The first kappa shape index (κ1) is 16.8. The van der Waals surface area contributed by atoms with Gasteiger partial charge >= 0.3 is 5.97 Å². The second-order valence-corrected chi connectivity index (χ2v) is 6.76. The van der Waals surface area contributed by atoms with Crippen molar-refractivity contribution in [1.29, 1.82) is 0 Å². The lowest BCUT2D eigenvalue weighted by atomic mass is 9.94. The van der Waals surface area contributed by atoms with Gasteiger partial charge in [0, 0.05) is 10.9 Å². The molecule has 1 saturated carbocycles. The lowest BCUT2D eigenvalue weighted by Gasteiger charge is -2.24. The number of amides is 1. The summed E-state index contributed by atoms with van der Waals surface area (Å²) in [6.07, 6.45) is 1.67. The fraction of sp³-hybridized carbons (Fsp3) is 0.529. The highest BCUT2D eigenvalue weighted by atomic mass is 35.5. The Bertz CT molecular complexity index is 541. The third kappa shape index (κ3) is 4.01. The zero-order valence-corrected chi connectivity index (χ0v) is 13.6. The summed E-state index contributed by atoms with van der Waals surface area (Å²) < 4.78 is 0. The number of nitrogens with one attached hydrogen (secondary N) is 1. The Balaban J connectivity index is 2.04. The van der Waals surface area contributed by atoms with Crippen molar-refractivity contribution >= 4 is 23.5 Å². The first-order chi connectivity index (χ1) is 10.4. The Morgan fingerprint density at radius 1 is 1.18 bits per heavy atom. The summed E-state index contributed by atoms with van der Waals surface area (Å²) in [6, 6.07) is 7.38. The minimum atomic E-state index is -0.798. The fourth-order valence-corrected chi connectivity index (χ4v) is 3.15. The lowest BCUT2D eigenvalue weighted by molar-refractivity contribution is -0.141. The predicted octanol–water partition coefficient (Wildman–Crippen LogP) is 3.65. The van der Waals surface area contributed by atoms with E-state index in [1.165, 1.54) is 0 Å². The van der Waals surface area contributed by atoms with E-state index in [4.69, 9.17) is 16.7 Å². The van der Waals surface area contributed by atoms with Gasteiger partial charge in [0.25, 0.3) is 0 Å². The van der Waals surface area contributed by atoms with E-state index in [2.05, 4.69) is 5.32 Å². The maximum absolute atomic E-state index is 12.4. The van der Waals surface area contributed by atoms with Gasteiger partial charge in [-0.25, -0.2) is 0 Å². The molecule has 0 aliphatic heterocycles. The molecule has 0 spiro atoms. The van der Waals surface area contributed by atoms with Crippen molar-refractivity contribution in [2.45, 2.75) is 39.2 Å². The Hall–Kier alpha value is -1.55. The second kappa shape index (κ2) is 7.14. The van der Waals surface area contributed by atoms with E-state index in [9.17, 15) is 9.59 Å². The summed E-state index contributed by atoms with van der Waals surface area (Å²) in [5.74, 6) is -1.19. The largest absolute Gasteiger partial charge is 0.481 e. The maximum atomic E-state index is 12.4. The number of hydrogen-bond donors (Lipinski definition) is 2. The number of aliphatic carboxylic acids is 1. The van der Waals surface area contributed by atoms with Crippen LogP contribution in [0.15, 0.2) is 24.3 Å². The highest BCUT2D eigenvalue weighted by molar-refractivity contribution is 6.30. The number of carbonyl (C=O) groups excluding carboxylic acids is 1. The molecule has 0 saturated heterocycles. The maximum Gasteiger partial charge on any atom is 0.306 e. The summed E-state index contributed by atoms with van der Waals surface area (Å²) in [5.41, 5.74) is 1.01. The summed E-state index contributed by atoms with van der Waals surface area (Å²) in [6.45, 7) is 4.10. The van der Waals surface area contributed by atoms with E-state index in [-0.39, 0.29) is 29.7 Å². The second-order valence-electron chi connectivity index (χ2n) is 6.33. The molecule has 2 N–H and O–H groups in total. The Morgan fingerprint density at radius 2 is 1.77 bits per heavy atom. The van der Waals surface area contributed by atoms with Gasteiger partial charge in [0.1, 0.15) is 0 Å². The molecule has 3 atom stereocenters. The normalized spacial score (nSPS) is 22.5. The molecule has 1 fully saturated rings. The molecule has 0 radical (unpaired) electrons. The van der Waals surface area contributed by atoms with Crippen molar-refractivity contribution in [2.75, 3.05) is 0 Å². The van der Waals surface area contributed by atoms with Gasteiger partial charge < -0.3 is 10.4 Å². The molecule has 0 bridgehead atoms. The van der Waals surface area contributed by atoms with Gasteiger partial charge in [-0.1, -0.05) is 37.6 Å². The molecule has 1 unspecified atom stereocenters. The van der Waals surface area contributed by atoms with Gasteiger partial charge in [0.05, 0.1) is 12.0 Å². The van der Waals surface area contributed by atoms with Crippen LogP contribution in [0, 0.1) is 17.8 Å². The van der Waals surface area contributed by atoms with E-state index in [1.54, 1.807) is 0 Å². The molecule has 22 heavy (non-hydrogen) atoms. The summed E-state index contributed by atoms with van der Waals surface area (Å²) in [4.78, 5) is 23.4. The van der Waals surface area contributed by atoms with Crippen molar-refractivity contribution < 1.29 is 14.7 Å². The smallest absolute Gasteiger partial charge is 0.306 e. The monoisotopic (exact) mass is 323 g/mol. The Morgan fingerprint density at radius 3 is 2.27 bits per heavy atom. The van der Waals surface area contributed by atoms with E-state index in [0.717, 1.165) is 5.56 Å². The average molecular weight is 324 g/mol. The van der Waals surface area contributed by atoms with Crippen molar-refractivity contribution in [3.05, 3.63) is 34.9 Å². The summed E-state index contributed by atoms with van der Waals surface area (Å²) in [5, 5.41) is 12.8. The molecule has 4 nitrogen and oxygen atoms in total. The zero-order chi connectivity index (χ0) is 16.3. The summed E-state index contributed by atoms with van der Waals surface area (Å²) in [7, 11) is 0. The lowest BCUT2D eigenvalue weighted by Crippen LogP contribution is -2.35. The molecule has 0 aromatic heterocycles. The predicted molar refractivity (Wildman–Crippen MR) is 85.6 cm³/mol. The molecule has 0 heterocycles. The fourth-order valence-electron chi connectivity index (χ4n) is 3.02. The first-order valence-electron chi connectivity index (χ1n) is 7.67. The molecule has 1 aliphatic rings. The third-order valence-corrected chi connectivity index (χ3v) is 4.60. The van der Waals surface area contributed by atoms with Crippen LogP contribution in [0.4, 0.5) is 0 Å². The number of hydrogen-bond acceptors (Lipinski definition) is 2. The topological polar surface area (TPSA) is 66.4 Å². The molecule has 120 valence electrons.